The molecule has 0 aliphatic carbocycles. The number of amides is 5. The first kappa shape index (κ1) is 68.4. The largest absolute Gasteiger partial charge is 0.395 e. The Morgan fingerprint density at radius 1 is 0.431 bits per heavy atom. The van der Waals surface area contributed by atoms with Crippen LogP contribution in [0.5, 0.6) is 0 Å². The number of aryl methyl sites for hydroxylation is 4. The predicted molar refractivity (Wildman–Crippen MR) is 394 cm³/mol. The third kappa shape index (κ3) is 13.4. The molecule has 1 unspecified atom stereocenters. The number of anilines is 5. The van der Waals surface area contributed by atoms with Gasteiger partial charge in [0.15, 0.2) is 0 Å². The topological polar surface area (TPSA) is 290 Å². The van der Waals surface area contributed by atoms with Crippen LogP contribution in [0.2, 0.25) is 0 Å². The Bertz CT molecular complexity index is 4690. The molecule has 534 valence electrons. The molecule has 4 saturated heterocycles. The van der Waals surface area contributed by atoms with Gasteiger partial charge in [0.05, 0.1) is 40.7 Å². The summed E-state index contributed by atoms with van der Waals surface area (Å²) in [5, 5.41) is 14.6. The van der Waals surface area contributed by atoms with Gasteiger partial charge in [0.2, 0.25) is 29.5 Å². The van der Waals surface area contributed by atoms with Crippen molar-refractivity contribution in [1.29, 1.82) is 0 Å². The molecule has 19 heterocycles. The maximum absolute atomic E-state index is 12.9. The molecule has 1 atom stereocenters. The molecule has 19 rings (SSSR count). The fraction of sp³-hybridized carbons (Fsp3) is 0.481. The molecule has 9 aliphatic rings. The summed E-state index contributed by atoms with van der Waals surface area (Å²) in [6, 6.07) is 11.4. The van der Waals surface area contributed by atoms with Gasteiger partial charge in [-0.05, 0) is 176 Å². The van der Waals surface area contributed by atoms with E-state index in [1.165, 1.54) is 22.3 Å². The Hall–Kier alpha value is -9.40. The number of hydrogen-bond acceptors (Lipinski definition) is 15. The molecular formula is C77H93N17O8. The minimum atomic E-state index is -0.0520. The number of piperidine rings is 2. The van der Waals surface area contributed by atoms with Gasteiger partial charge in [-0.25, -0.2) is 24.9 Å². The van der Waals surface area contributed by atoms with Gasteiger partial charge >= 0.3 is 0 Å². The van der Waals surface area contributed by atoms with Gasteiger partial charge in [-0.3, -0.25) is 48.5 Å². The second kappa shape index (κ2) is 29.9. The Labute approximate surface area is 592 Å². The molecular weight excluding hydrogens is 1290 g/mol. The van der Waals surface area contributed by atoms with Crippen molar-refractivity contribution in [3.8, 4) is 0 Å². The molecule has 4 fully saturated rings. The zero-order valence-electron chi connectivity index (χ0n) is 58.9. The number of aromatic nitrogens is 10. The smallest absolute Gasteiger partial charge is 0.231 e. The number of pyridine rings is 5. The highest BCUT2D eigenvalue weighted by Crippen LogP contribution is 2.41. The van der Waals surface area contributed by atoms with Crippen molar-refractivity contribution in [2.75, 3.05) is 97.3 Å². The molecule has 6 N–H and O–H groups in total. The number of β-amino-alcohol motifs (C(OH)–C–C–N with tert-alkyl or cyclic N) is 1. The molecule has 0 bridgehead atoms. The van der Waals surface area contributed by atoms with Crippen molar-refractivity contribution in [2.45, 2.75) is 160 Å². The summed E-state index contributed by atoms with van der Waals surface area (Å²) in [5.74, 6) is 4.88. The summed E-state index contributed by atoms with van der Waals surface area (Å²) in [4.78, 5) is 116. The van der Waals surface area contributed by atoms with E-state index >= 15 is 0 Å². The van der Waals surface area contributed by atoms with E-state index in [4.69, 9.17) is 14.6 Å². The zero-order valence-corrected chi connectivity index (χ0v) is 58.9. The molecule has 0 radical (unpaired) electrons. The number of H-pyrrole nitrogens is 5. The van der Waals surface area contributed by atoms with Gasteiger partial charge in [0.1, 0.15) is 29.1 Å². The van der Waals surface area contributed by atoms with Crippen molar-refractivity contribution in [3.63, 3.8) is 0 Å². The fourth-order valence-electron chi connectivity index (χ4n) is 16.8. The molecule has 0 spiro atoms. The second-order valence-corrected chi connectivity index (χ2v) is 28.8. The van der Waals surface area contributed by atoms with Crippen LogP contribution in [0.25, 0.3) is 54.5 Å². The molecule has 25 heteroatoms. The van der Waals surface area contributed by atoms with E-state index in [2.05, 4.69) is 80.5 Å². The zero-order chi connectivity index (χ0) is 70.1. The number of aliphatic hydroxyl groups is 1. The number of hydrogen-bond donors (Lipinski definition) is 6. The van der Waals surface area contributed by atoms with Gasteiger partial charge in [-0.1, -0.05) is 6.92 Å². The van der Waals surface area contributed by atoms with Crippen molar-refractivity contribution in [3.05, 3.63) is 120 Å². The summed E-state index contributed by atoms with van der Waals surface area (Å²) < 4.78 is 10.9. The van der Waals surface area contributed by atoms with Crippen LogP contribution in [0.4, 0.5) is 29.1 Å². The van der Waals surface area contributed by atoms with Gasteiger partial charge in [-0.2, -0.15) is 0 Å². The normalized spacial score (nSPS) is 20.4. The van der Waals surface area contributed by atoms with Crippen molar-refractivity contribution in [1.82, 2.24) is 59.6 Å². The lowest BCUT2D eigenvalue weighted by Crippen LogP contribution is -2.49. The molecule has 0 aromatic carbocycles. The SMILES string of the molecule is CC(C)N1CCC(N2C(=O)CCc3c[nH]c4ccnc2c34)CC1.CC1Cc2c[nH]c3ccnc(c23)N(C2CCOCC2)C1=O.CN1CCC(N2C(=O)CCc3c[nH]c4ccnc2c34)CC1.O=C1CCc2c[nH]c3ccnc(c23)N1C1CCOCC1.O=C1CCc2c[nH]c3ccnc(c23)N1CCO. The Balaban J connectivity index is 0.000000103. The van der Waals surface area contributed by atoms with Crippen molar-refractivity contribution < 1.29 is 38.6 Å². The first-order chi connectivity index (χ1) is 49.8. The summed E-state index contributed by atoms with van der Waals surface area (Å²) >= 11 is 0. The lowest BCUT2D eigenvalue weighted by molar-refractivity contribution is -0.123. The number of carbonyl (C=O) groups excluding carboxylic acids is 5. The van der Waals surface area contributed by atoms with E-state index in [0.717, 1.165) is 219 Å². The molecule has 9 aliphatic heterocycles. The van der Waals surface area contributed by atoms with E-state index in [1.54, 1.807) is 29.7 Å². The third-order valence-electron chi connectivity index (χ3n) is 22.2. The van der Waals surface area contributed by atoms with Gasteiger partial charge in [0.25, 0.3) is 0 Å². The van der Waals surface area contributed by atoms with E-state index < -0.39 is 0 Å². The Kier molecular flexibility index (Phi) is 20.0. The molecule has 102 heavy (non-hydrogen) atoms. The summed E-state index contributed by atoms with van der Waals surface area (Å²) in [5.41, 5.74) is 11.3. The van der Waals surface area contributed by atoms with E-state index in [1.807, 2.05) is 94.0 Å². The van der Waals surface area contributed by atoms with E-state index in [-0.39, 0.29) is 66.2 Å². The van der Waals surface area contributed by atoms with E-state index in [0.29, 0.717) is 44.1 Å². The number of rotatable bonds is 7. The van der Waals surface area contributed by atoms with Crippen LogP contribution >= 0.6 is 0 Å². The first-order valence-corrected chi connectivity index (χ1v) is 36.8. The summed E-state index contributed by atoms with van der Waals surface area (Å²) in [7, 11) is 2.14. The molecule has 0 saturated carbocycles. The van der Waals surface area contributed by atoms with Crippen molar-refractivity contribution >= 4 is 113 Å². The van der Waals surface area contributed by atoms with Crippen LogP contribution in [0.15, 0.2) is 92.3 Å². The van der Waals surface area contributed by atoms with Gasteiger partial charge < -0.3 is 49.3 Å². The van der Waals surface area contributed by atoms with Gasteiger partial charge in [-0.15, -0.1) is 0 Å². The highest BCUT2D eigenvalue weighted by molar-refractivity contribution is 6.09. The lowest BCUT2D eigenvalue weighted by Gasteiger charge is -2.39. The van der Waals surface area contributed by atoms with Crippen LogP contribution in [-0.4, -0.2) is 197 Å². The van der Waals surface area contributed by atoms with Crippen LogP contribution in [0.1, 0.15) is 126 Å². The highest BCUT2D eigenvalue weighted by atomic mass is 16.5. The standard InChI is InChI=1S/C18H24N4O.C16H20N4O.C16H19N3O2.C15H17N3O2.C12H13N3O2/c1-12(2)21-9-6-14(7-10-21)22-16(23)4-3-13-11-20-15-5-8-19-18(22)17(13)15;1-19-8-5-12(6-9-19)20-14(21)3-2-11-10-18-13-4-7-17-16(20)15(11)13;1-10-8-11-9-18-13-2-5-17-15(14(11)13)19(16(10)20)12-3-6-21-7-4-12;19-13-2-1-10-9-17-12-3-6-16-15(14(10)12)18(13)11-4-7-20-8-5-11;16-6-5-15-10(17)2-1-8-7-14-9-3-4-13-12(15)11(8)9/h5,8,11-12,14,20H,3-4,6-7,9-10H2,1-2H3;4,7,10,12,18H,2-3,5-6,8-9H2,1H3;2,5,9-10,12,18H,3-4,6-8H2,1H3;3,6,9,11,17H,1-2,4-5,7-8H2;3-4,7,14,16H,1-2,5-6H2. The van der Waals surface area contributed by atoms with Crippen LogP contribution in [-0.2, 0) is 65.6 Å². The Morgan fingerprint density at radius 3 is 1.15 bits per heavy atom. The first-order valence-electron chi connectivity index (χ1n) is 36.8. The predicted octanol–water partition coefficient (Wildman–Crippen LogP) is 9.77. The van der Waals surface area contributed by atoms with Crippen LogP contribution in [0, 0.1) is 5.92 Å². The van der Waals surface area contributed by atoms with Crippen molar-refractivity contribution in [2.24, 2.45) is 5.92 Å². The minimum absolute atomic E-state index is 0.0129. The monoisotopic (exact) mass is 1380 g/mol. The molecule has 5 amide bonds. The van der Waals surface area contributed by atoms with Crippen LogP contribution < -0.4 is 24.5 Å². The lowest BCUT2D eigenvalue weighted by atomic mass is 10.0. The molecule has 10 aromatic heterocycles. The number of carbonyl (C=O) groups is 5. The maximum Gasteiger partial charge on any atom is 0.231 e. The molecule has 25 nitrogen and oxygen atoms in total. The summed E-state index contributed by atoms with van der Waals surface area (Å²) in [6.07, 6.45) is 32.6. The number of aliphatic hydroxyl groups excluding tert-OH is 1. The number of nitrogens with zero attached hydrogens (tertiary/aromatic N) is 12. The highest BCUT2D eigenvalue weighted by Gasteiger charge is 2.39. The minimum Gasteiger partial charge on any atom is -0.395 e. The Morgan fingerprint density at radius 2 is 0.755 bits per heavy atom. The third-order valence-corrected chi connectivity index (χ3v) is 22.2. The van der Waals surface area contributed by atoms with Crippen LogP contribution in [0.3, 0.4) is 0 Å². The quantitative estimate of drug-likeness (QED) is 0.0865. The molecule has 10 aromatic rings. The second-order valence-electron chi connectivity index (χ2n) is 28.8. The number of ether oxygens (including phenoxy) is 2. The maximum atomic E-state index is 12.9. The number of aromatic amines is 5. The number of nitrogens with one attached hydrogen (secondary N) is 5. The fourth-order valence-corrected chi connectivity index (χ4v) is 16.8. The number of likely N-dealkylation sites (tertiary alicyclic amines) is 2. The summed E-state index contributed by atoms with van der Waals surface area (Å²) in [6.45, 7) is 13.8. The van der Waals surface area contributed by atoms with Gasteiger partial charge in [0, 0.05) is 190 Å². The average molecular weight is 1380 g/mol. The van der Waals surface area contributed by atoms with E-state index in [9.17, 15) is 24.0 Å². The average Bonchev–Trinajstić information content (AvgIpc) is 1.55.